The maximum Gasteiger partial charge on any atom is 0.0270 e. The van der Waals surface area contributed by atoms with Crippen molar-refractivity contribution in [3.63, 3.8) is 0 Å². The van der Waals surface area contributed by atoms with Gasteiger partial charge in [-0.15, -0.1) is 6.58 Å². The van der Waals surface area contributed by atoms with Crippen molar-refractivity contribution < 1.29 is 1.43 Å². The van der Waals surface area contributed by atoms with Gasteiger partial charge in [-0.05, 0) is 36.7 Å². The first-order valence-corrected chi connectivity index (χ1v) is 6.67. The van der Waals surface area contributed by atoms with Crippen LogP contribution >= 0.6 is 0 Å². The van der Waals surface area contributed by atoms with Crippen LogP contribution in [-0.4, -0.2) is 0 Å². The number of hydrogen-bond donors (Lipinski definition) is 1. The highest BCUT2D eigenvalue weighted by Crippen LogP contribution is 2.26. The highest BCUT2D eigenvalue weighted by Gasteiger charge is 2.14. The molecule has 1 rings (SSSR count). The Morgan fingerprint density at radius 1 is 1.59 bits per heavy atom. The second-order valence-corrected chi connectivity index (χ2v) is 5.61. The van der Waals surface area contributed by atoms with Gasteiger partial charge in [-0.3, -0.25) is 0 Å². The third-order valence-electron chi connectivity index (χ3n) is 3.15. The van der Waals surface area contributed by atoms with Crippen molar-refractivity contribution in [2.45, 2.75) is 53.4 Å². The molecule has 17 heavy (non-hydrogen) atoms. The molecule has 0 aromatic heterocycles. The molecule has 0 aromatic carbocycles. The Kier molecular flexibility index (Phi) is 7.69. The van der Waals surface area contributed by atoms with Crippen LogP contribution in [0.5, 0.6) is 0 Å². The van der Waals surface area contributed by atoms with Crippen molar-refractivity contribution in [1.82, 2.24) is 0 Å². The Labute approximate surface area is 109 Å². The van der Waals surface area contributed by atoms with E-state index in [9.17, 15) is 0 Å². The topological polar surface area (TPSA) is 26.0 Å². The maximum absolute atomic E-state index is 5.53. The molecule has 0 saturated heterocycles. The van der Waals surface area contributed by atoms with Crippen LogP contribution in [0.3, 0.4) is 0 Å². The molecule has 0 aromatic rings. The first-order valence-electron chi connectivity index (χ1n) is 6.67. The minimum absolute atomic E-state index is 0. The quantitative estimate of drug-likeness (QED) is 0.679. The molecule has 100 valence electrons. The summed E-state index contributed by atoms with van der Waals surface area (Å²) in [6, 6.07) is 0. The Hall–Kier alpha value is -0.980. The third-order valence-corrected chi connectivity index (χ3v) is 3.15. The lowest BCUT2D eigenvalue weighted by molar-refractivity contribution is 0.481. The van der Waals surface area contributed by atoms with Crippen molar-refractivity contribution in [3.05, 3.63) is 36.6 Å². The maximum atomic E-state index is 5.53. The van der Waals surface area contributed by atoms with Crippen LogP contribution < -0.4 is 5.73 Å². The minimum Gasteiger partial charge on any atom is -0.399 e. The van der Waals surface area contributed by atoms with Gasteiger partial charge < -0.3 is 5.73 Å². The molecular formula is C16H31N. The molecule has 2 N–H and O–H groups in total. The molecule has 1 unspecified atom stereocenters. The normalized spacial score (nSPS) is 18.7. The molecule has 0 heterocycles. The molecule has 1 aliphatic rings. The van der Waals surface area contributed by atoms with Crippen LogP contribution in [0.1, 0.15) is 54.8 Å². The van der Waals surface area contributed by atoms with E-state index in [-0.39, 0.29) is 1.43 Å². The fourth-order valence-electron chi connectivity index (χ4n) is 1.45. The molecule has 1 nitrogen and oxygen atoms in total. The molecule has 0 bridgehead atoms. The van der Waals surface area contributed by atoms with Crippen molar-refractivity contribution in [3.8, 4) is 0 Å². The smallest absolute Gasteiger partial charge is 0.0270 e. The largest absolute Gasteiger partial charge is 0.399 e. The number of rotatable bonds is 4. The average Bonchev–Trinajstić information content (AvgIpc) is 2.31. The average molecular weight is 237 g/mol. The lowest BCUT2D eigenvalue weighted by Crippen LogP contribution is -2.11. The molecule has 0 spiro atoms. The van der Waals surface area contributed by atoms with E-state index in [0.717, 1.165) is 18.0 Å². The zero-order valence-electron chi connectivity index (χ0n) is 12.0. The number of hydrogen-bond acceptors (Lipinski definition) is 1. The summed E-state index contributed by atoms with van der Waals surface area (Å²) in [5.74, 6) is 0.882. The second-order valence-electron chi connectivity index (χ2n) is 5.61. The molecule has 0 amide bonds. The first kappa shape index (κ1) is 16.0. The summed E-state index contributed by atoms with van der Waals surface area (Å²) < 4.78 is 0. The predicted octanol–water partition coefficient (Wildman–Crippen LogP) is 5.06. The Morgan fingerprint density at radius 2 is 2.24 bits per heavy atom. The second kappa shape index (κ2) is 8.16. The van der Waals surface area contributed by atoms with Gasteiger partial charge in [0.05, 0.1) is 0 Å². The summed E-state index contributed by atoms with van der Waals surface area (Å²) in [5, 5.41) is 0. The lowest BCUT2D eigenvalue weighted by atomic mass is 9.86. The van der Waals surface area contributed by atoms with E-state index in [1.165, 1.54) is 19.3 Å². The zero-order valence-corrected chi connectivity index (χ0v) is 12.0. The summed E-state index contributed by atoms with van der Waals surface area (Å²) in [6.45, 7) is 12.6. The summed E-state index contributed by atoms with van der Waals surface area (Å²) in [5.41, 5.74) is 6.75. The fourth-order valence-corrected chi connectivity index (χ4v) is 1.45. The summed E-state index contributed by atoms with van der Waals surface area (Å²) >= 11 is 0. The summed E-state index contributed by atoms with van der Waals surface area (Å²) in [4.78, 5) is 0. The highest BCUT2D eigenvalue weighted by atomic mass is 14.6. The molecule has 0 aliphatic heterocycles. The molecular weight excluding hydrogens is 206 g/mol. The van der Waals surface area contributed by atoms with E-state index in [1.54, 1.807) is 0 Å². The SMILES string of the molecule is C=CCCC(C)CC.CC1(C)C=CC(N)=CC1.[HH]. The molecule has 1 aliphatic carbocycles. The van der Waals surface area contributed by atoms with E-state index >= 15 is 0 Å². The van der Waals surface area contributed by atoms with Crippen molar-refractivity contribution in [1.29, 1.82) is 0 Å². The zero-order chi connectivity index (χ0) is 13.3. The minimum atomic E-state index is 0. The van der Waals surface area contributed by atoms with Crippen molar-refractivity contribution in [2.24, 2.45) is 17.1 Å². The molecule has 1 heteroatoms. The first-order chi connectivity index (χ1) is 7.91. The van der Waals surface area contributed by atoms with Gasteiger partial charge in [0, 0.05) is 7.12 Å². The van der Waals surface area contributed by atoms with E-state index in [0.29, 0.717) is 5.41 Å². The van der Waals surface area contributed by atoms with Gasteiger partial charge in [0.2, 0.25) is 0 Å². The van der Waals surface area contributed by atoms with Gasteiger partial charge in [0.15, 0.2) is 0 Å². The summed E-state index contributed by atoms with van der Waals surface area (Å²) in [7, 11) is 0. The van der Waals surface area contributed by atoms with Crippen LogP contribution in [0, 0.1) is 11.3 Å². The highest BCUT2D eigenvalue weighted by molar-refractivity contribution is 5.22. The Bertz CT molecular complexity index is 277. The van der Waals surface area contributed by atoms with E-state index < -0.39 is 0 Å². The molecule has 0 fully saturated rings. The van der Waals surface area contributed by atoms with Gasteiger partial charge in [-0.25, -0.2) is 0 Å². The van der Waals surface area contributed by atoms with Gasteiger partial charge in [-0.1, -0.05) is 52.3 Å². The third kappa shape index (κ3) is 8.79. The molecule has 0 radical (unpaired) electrons. The predicted molar refractivity (Wildman–Crippen MR) is 80.8 cm³/mol. The van der Waals surface area contributed by atoms with Gasteiger partial charge in [0.1, 0.15) is 0 Å². The number of allylic oxidation sites excluding steroid dienone is 4. The van der Waals surface area contributed by atoms with Crippen LogP contribution in [0.2, 0.25) is 0 Å². The van der Waals surface area contributed by atoms with Crippen LogP contribution in [0.15, 0.2) is 36.6 Å². The summed E-state index contributed by atoms with van der Waals surface area (Å²) in [6.07, 6.45) is 13.0. The van der Waals surface area contributed by atoms with Gasteiger partial charge in [-0.2, -0.15) is 0 Å². The Morgan fingerprint density at radius 3 is 2.59 bits per heavy atom. The van der Waals surface area contributed by atoms with E-state index in [2.05, 4.69) is 46.4 Å². The standard InChI is InChI=1S/C8H13N.C8H16.H2/c1-8(2)5-3-7(9)4-6-8;1-4-6-7-8(3)5-2;/h3-5H,6,9H2,1-2H3;4,8H,1,5-7H2,2-3H3;1H. The molecule has 0 saturated carbocycles. The van der Waals surface area contributed by atoms with E-state index in [4.69, 9.17) is 5.73 Å². The van der Waals surface area contributed by atoms with E-state index in [1.807, 2.05) is 12.2 Å². The molecule has 1 atom stereocenters. The fraction of sp³-hybridized carbons (Fsp3) is 0.625. The number of nitrogens with two attached hydrogens (primary N) is 1. The lowest BCUT2D eigenvalue weighted by Gasteiger charge is -2.20. The van der Waals surface area contributed by atoms with Crippen LogP contribution in [0.4, 0.5) is 0 Å². The monoisotopic (exact) mass is 237 g/mol. The Balaban J connectivity index is 0. The van der Waals surface area contributed by atoms with Crippen molar-refractivity contribution in [2.75, 3.05) is 0 Å². The van der Waals surface area contributed by atoms with Crippen LogP contribution in [-0.2, 0) is 0 Å². The van der Waals surface area contributed by atoms with Gasteiger partial charge in [0.25, 0.3) is 0 Å². The van der Waals surface area contributed by atoms with Gasteiger partial charge >= 0.3 is 0 Å². The van der Waals surface area contributed by atoms with Crippen LogP contribution in [0.25, 0.3) is 0 Å². The van der Waals surface area contributed by atoms with Crippen molar-refractivity contribution >= 4 is 0 Å².